The molecule has 0 saturated heterocycles. The number of benzene rings is 2. The first-order valence-corrected chi connectivity index (χ1v) is 10.5. The van der Waals surface area contributed by atoms with Crippen LogP contribution in [0.3, 0.4) is 0 Å². The molecule has 1 fully saturated rings. The first kappa shape index (κ1) is 19.1. The highest BCUT2D eigenvalue weighted by atomic mass is 35.5. The Morgan fingerprint density at radius 1 is 1.07 bits per heavy atom. The van der Waals surface area contributed by atoms with Crippen LogP contribution in [0.4, 0.5) is 0 Å². The van der Waals surface area contributed by atoms with Gasteiger partial charge >= 0.3 is 0 Å². The van der Waals surface area contributed by atoms with E-state index in [-0.39, 0.29) is 0 Å². The molecule has 142 valence electrons. The summed E-state index contributed by atoms with van der Waals surface area (Å²) in [5, 5.41) is 1.51. The average Bonchev–Trinajstić information content (AvgIpc) is 2.61. The van der Waals surface area contributed by atoms with Gasteiger partial charge in [-0.05, 0) is 66.5 Å². The van der Waals surface area contributed by atoms with Crippen molar-refractivity contribution in [2.75, 3.05) is 13.6 Å². The fourth-order valence-corrected chi connectivity index (χ4v) is 5.38. The number of likely N-dealkylation sites (N-methyl/N-ethyl adjacent to an activating group) is 1. The number of hydrogen-bond donors (Lipinski definition) is 0. The van der Waals surface area contributed by atoms with Gasteiger partial charge in [-0.1, -0.05) is 73.0 Å². The van der Waals surface area contributed by atoms with E-state index in [9.17, 15) is 0 Å². The molecule has 3 heteroatoms. The van der Waals surface area contributed by atoms with Crippen LogP contribution in [0.5, 0.6) is 0 Å². The lowest BCUT2D eigenvalue weighted by molar-refractivity contribution is -0.0101. The normalized spacial score (nSPS) is 23.1. The van der Waals surface area contributed by atoms with Gasteiger partial charge in [0, 0.05) is 28.7 Å². The number of halogens is 2. The Morgan fingerprint density at radius 2 is 1.89 bits per heavy atom. The lowest BCUT2D eigenvalue weighted by Gasteiger charge is -2.57. The molecule has 5 rings (SSSR count). The Morgan fingerprint density at radius 3 is 2.56 bits per heavy atom. The van der Waals surface area contributed by atoms with Crippen LogP contribution in [0.1, 0.15) is 32.3 Å². The molecule has 2 atom stereocenters. The lowest BCUT2D eigenvalue weighted by atomic mass is 9.49. The monoisotopic (exact) mass is 399 g/mol. The highest BCUT2D eigenvalue weighted by molar-refractivity contribution is 6.34. The predicted molar refractivity (Wildman–Crippen MR) is 116 cm³/mol. The molecule has 0 aromatic heterocycles. The molecule has 3 aliphatic carbocycles. The Balaban J connectivity index is 1.44. The van der Waals surface area contributed by atoms with Gasteiger partial charge in [0.15, 0.2) is 0 Å². The molecule has 3 aliphatic rings. The van der Waals surface area contributed by atoms with Crippen molar-refractivity contribution in [1.82, 2.24) is 4.90 Å². The highest BCUT2D eigenvalue weighted by Crippen LogP contribution is 2.59. The average molecular weight is 400 g/mol. The molecule has 0 unspecified atom stereocenters. The van der Waals surface area contributed by atoms with Crippen molar-refractivity contribution >= 4 is 23.2 Å². The summed E-state index contributed by atoms with van der Waals surface area (Å²) in [4.78, 5) is 2.41. The van der Waals surface area contributed by atoms with Crippen molar-refractivity contribution in [3.05, 3.63) is 69.7 Å². The van der Waals surface area contributed by atoms with Crippen LogP contribution in [-0.4, -0.2) is 18.5 Å². The molecule has 0 amide bonds. The zero-order chi connectivity index (χ0) is 19.2. The molecule has 0 radical (unpaired) electrons. The van der Waals surface area contributed by atoms with Gasteiger partial charge in [0.05, 0.1) is 0 Å². The van der Waals surface area contributed by atoms with Crippen LogP contribution < -0.4 is 0 Å². The van der Waals surface area contributed by atoms with Gasteiger partial charge in [-0.3, -0.25) is 4.90 Å². The number of rotatable bonds is 5. The fraction of sp³-hybridized carbons (Fsp3) is 0.417. The quantitative estimate of drug-likeness (QED) is 0.485. The van der Waals surface area contributed by atoms with Gasteiger partial charge in [0.1, 0.15) is 0 Å². The lowest BCUT2D eigenvalue weighted by Crippen LogP contribution is -2.49. The fourth-order valence-electron chi connectivity index (χ4n) is 4.88. The topological polar surface area (TPSA) is 3.24 Å². The molecule has 1 nitrogen and oxygen atoms in total. The van der Waals surface area contributed by atoms with Gasteiger partial charge in [-0.15, -0.1) is 0 Å². The van der Waals surface area contributed by atoms with Gasteiger partial charge < -0.3 is 0 Å². The van der Waals surface area contributed by atoms with Crippen LogP contribution in [-0.2, 0) is 6.54 Å². The Labute approximate surface area is 173 Å². The summed E-state index contributed by atoms with van der Waals surface area (Å²) in [7, 11) is 2.21. The minimum absolute atomic E-state index is 0.493. The third kappa shape index (κ3) is 3.70. The molecule has 27 heavy (non-hydrogen) atoms. The van der Waals surface area contributed by atoms with E-state index in [1.54, 1.807) is 5.57 Å². The van der Waals surface area contributed by atoms with Gasteiger partial charge in [-0.25, -0.2) is 0 Å². The van der Waals surface area contributed by atoms with Crippen molar-refractivity contribution in [2.45, 2.75) is 33.2 Å². The highest BCUT2D eigenvalue weighted by Gasteiger charge is 2.50. The summed E-state index contributed by atoms with van der Waals surface area (Å²) in [6.07, 6.45) is 5.13. The minimum atomic E-state index is 0.493. The summed E-state index contributed by atoms with van der Waals surface area (Å²) in [5.74, 6) is 1.67. The Hall–Kier alpha value is -1.28. The second kappa shape index (κ2) is 7.28. The maximum Gasteiger partial charge on any atom is 0.0487 e. The van der Waals surface area contributed by atoms with Crippen LogP contribution >= 0.6 is 23.2 Å². The Kier molecular flexibility index (Phi) is 5.14. The third-order valence-corrected chi connectivity index (χ3v) is 7.20. The number of fused-ring (bicyclic) bond motifs is 1. The van der Waals surface area contributed by atoms with Crippen LogP contribution in [0.25, 0.3) is 11.1 Å². The van der Waals surface area contributed by atoms with Crippen LogP contribution in [0.15, 0.2) is 54.1 Å². The molecule has 2 bridgehead atoms. The standard InChI is InChI=1S/C24H27Cl2N/c1-24(2)19-9-8-18(22(24)13-19)15-27(3)14-16-7-10-21(23(26)11-16)17-5-4-6-20(25)12-17/h4-8,10-12,19,22H,9,13-15H2,1-3H3/t19-,22-/m0/s1. The maximum atomic E-state index is 6.59. The second-order valence-electron chi connectivity index (χ2n) is 8.82. The van der Waals surface area contributed by atoms with Gasteiger partial charge in [-0.2, -0.15) is 0 Å². The number of nitrogens with zero attached hydrogens (tertiary/aromatic N) is 1. The summed E-state index contributed by atoms with van der Waals surface area (Å²) >= 11 is 12.7. The van der Waals surface area contributed by atoms with E-state index < -0.39 is 0 Å². The predicted octanol–water partition coefficient (Wildman–Crippen LogP) is 7.08. The molecular formula is C24H27Cl2N. The van der Waals surface area contributed by atoms with E-state index >= 15 is 0 Å². The van der Waals surface area contributed by atoms with Crippen molar-refractivity contribution in [2.24, 2.45) is 17.3 Å². The van der Waals surface area contributed by atoms with Gasteiger partial charge in [0.2, 0.25) is 0 Å². The zero-order valence-electron chi connectivity index (χ0n) is 16.3. The Bertz CT molecular complexity index is 884. The van der Waals surface area contributed by atoms with Crippen LogP contribution in [0.2, 0.25) is 10.0 Å². The number of allylic oxidation sites excluding steroid dienone is 1. The van der Waals surface area contributed by atoms with Crippen molar-refractivity contribution in [1.29, 1.82) is 0 Å². The largest absolute Gasteiger partial charge is 0.298 e. The summed E-state index contributed by atoms with van der Waals surface area (Å²) in [5.41, 5.74) is 5.46. The second-order valence-corrected chi connectivity index (χ2v) is 9.66. The maximum absolute atomic E-state index is 6.59. The molecule has 1 saturated carbocycles. The summed E-state index contributed by atoms with van der Waals surface area (Å²) < 4.78 is 0. The summed E-state index contributed by atoms with van der Waals surface area (Å²) in [6.45, 7) is 6.83. The van der Waals surface area contributed by atoms with E-state index in [2.05, 4.69) is 50.1 Å². The number of hydrogen-bond acceptors (Lipinski definition) is 1. The van der Waals surface area contributed by atoms with E-state index in [4.69, 9.17) is 23.2 Å². The van der Waals surface area contributed by atoms with Crippen LogP contribution in [0, 0.1) is 17.3 Å². The minimum Gasteiger partial charge on any atom is -0.298 e. The third-order valence-electron chi connectivity index (χ3n) is 6.66. The van der Waals surface area contributed by atoms with Gasteiger partial charge in [0.25, 0.3) is 0 Å². The van der Waals surface area contributed by atoms with Crippen molar-refractivity contribution in [3.8, 4) is 11.1 Å². The molecule has 0 spiro atoms. The van der Waals surface area contributed by atoms with E-state index in [1.165, 1.54) is 18.4 Å². The molecular weight excluding hydrogens is 373 g/mol. The molecule has 2 aromatic rings. The van der Waals surface area contributed by atoms with E-state index in [1.807, 2.05) is 24.3 Å². The summed E-state index contributed by atoms with van der Waals surface area (Å²) in [6, 6.07) is 14.2. The first-order valence-electron chi connectivity index (χ1n) is 9.76. The first-order chi connectivity index (χ1) is 12.8. The van der Waals surface area contributed by atoms with Crippen molar-refractivity contribution < 1.29 is 0 Å². The van der Waals surface area contributed by atoms with Crippen molar-refractivity contribution in [3.63, 3.8) is 0 Å². The molecule has 0 heterocycles. The molecule has 2 aromatic carbocycles. The zero-order valence-corrected chi connectivity index (χ0v) is 17.8. The molecule has 0 N–H and O–H groups in total. The smallest absolute Gasteiger partial charge is 0.0487 e. The molecule has 0 aliphatic heterocycles. The SMILES string of the molecule is CN(CC1=CC[C@H]2C[C@@H]1C2(C)C)Cc1ccc(-c2cccc(Cl)c2)c(Cl)c1. The van der Waals surface area contributed by atoms with E-state index in [0.717, 1.165) is 46.1 Å². The van der Waals surface area contributed by atoms with E-state index in [0.29, 0.717) is 5.41 Å².